The first-order valence-electron chi connectivity index (χ1n) is 8.87. The number of aromatic carboxylic acids is 1. The first-order valence-corrected chi connectivity index (χ1v) is 10.4. The van der Waals surface area contributed by atoms with Crippen LogP contribution in [0.25, 0.3) is 0 Å². The minimum Gasteiger partial charge on any atom is -0.493 e. The van der Waals surface area contributed by atoms with Crippen molar-refractivity contribution in [3.8, 4) is 11.5 Å². The molecule has 8 heteroatoms. The van der Waals surface area contributed by atoms with E-state index >= 15 is 0 Å². The van der Waals surface area contributed by atoms with Crippen LogP contribution in [-0.2, 0) is 13.2 Å². The molecule has 0 aliphatic heterocycles. The van der Waals surface area contributed by atoms with Gasteiger partial charge in [0.1, 0.15) is 6.61 Å². The second kappa shape index (κ2) is 10.1. The predicted octanol–water partition coefficient (Wildman–Crippen LogP) is 6.65. The fourth-order valence-electron chi connectivity index (χ4n) is 2.71. The maximum absolute atomic E-state index is 11.0. The van der Waals surface area contributed by atoms with Gasteiger partial charge < -0.3 is 19.9 Å². The summed E-state index contributed by atoms with van der Waals surface area (Å²) in [7, 11) is 1.58. The number of carboxylic acids is 1. The van der Waals surface area contributed by atoms with Crippen LogP contribution in [0.3, 0.4) is 0 Å². The topological polar surface area (TPSA) is 67.8 Å². The van der Waals surface area contributed by atoms with Gasteiger partial charge in [0, 0.05) is 32.3 Å². The molecule has 0 aromatic heterocycles. The number of hydrogen-bond acceptors (Lipinski definition) is 4. The highest BCUT2D eigenvalue weighted by atomic mass is 79.9. The van der Waals surface area contributed by atoms with E-state index in [1.54, 1.807) is 43.5 Å². The molecule has 2 N–H and O–H groups in total. The third-order valence-corrected chi connectivity index (χ3v) is 5.67. The number of hydrogen-bond donors (Lipinski definition) is 2. The summed E-state index contributed by atoms with van der Waals surface area (Å²) in [5, 5.41) is 13.3. The molecule has 0 unspecified atom stereocenters. The Morgan fingerprint density at radius 1 is 1.03 bits per heavy atom. The summed E-state index contributed by atoms with van der Waals surface area (Å²) in [5.74, 6) is 0.204. The molecular weight excluding hydrogens is 493 g/mol. The summed E-state index contributed by atoms with van der Waals surface area (Å²) in [6.07, 6.45) is 0. The highest BCUT2D eigenvalue weighted by Crippen LogP contribution is 2.35. The van der Waals surface area contributed by atoms with Crippen molar-refractivity contribution in [1.29, 1.82) is 0 Å². The minimum absolute atomic E-state index is 0.241. The molecule has 0 spiro atoms. The highest BCUT2D eigenvalue weighted by molar-refractivity contribution is 9.10. The molecule has 0 aliphatic carbocycles. The Balaban J connectivity index is 1.70. The molecular formula is C22H18BrCl2NO4. The molecule has 0 fully saturated rings. The summed E-state index contributed by atoms with van der Waals surface area (Å²) in [5.41, 5.74) is 2.81. The zero-order valence-corrected chi connectivity index (χ0v) is 19.0. The van der Waals surface area contributed by atoms with E-state index in [2.05, 4.69) is 21.2 Å². The number of benzene rings is 3. The van der Waals surface area contributed by atoms with Crippen molar-refractivity contribution in [3.63, 3.8) is 0 Å². The van der Waals surface area contributed by atoms with Crippen LogP contribution in [-0.4, -0.2) is 18.2 Å². The Labute approximate surface area is 192 Å². The van der Waals surface area contributed by atoms with Crippen LogP contribution in [0.1, 0.15) is 21.5 Å². The molecule has 0 bridgehead atoms. The molecule has 3 aromatic carbocycles. The number of carbonyl (C=O) groups is 1. The van der Waals surface area contributed by atoms with Crippen molar-refractivity contribution in [2.45, 2.75) is 13.2 Å². The highest BCUT2D eigenvalue weighted by Gasteiger charge is 2.12. The Hall–Kier alpha value is -2.41. The SMILES string of the molecule is COc1cc(CNc2ccc(C(=O)O)cc2)c(Br)cc1OCc1ccc(Cl)cc1Cl. The summed E-state index contributed by atoms with van der Waals surface area (Å²) in [4.78, 5) is 11.0. The molecule has 0 atom stereocenters. The summed E-state index contributed by atoms with van der Waals surface area (Å²) in [6, 6.07) is 15.5. The first kappa shape index (κ1) is 22.3. The van der Waals surface area contributed by atoms with Crippen molar-refractivity contribution < 1.29 is 19.4 Å². The van der Waals surface area contributed by atoms with Crippen molar-refractivity contribution in [2.24, 2.45) is 0 Å². The van der Waals surface area contributed by atoms with Crippen molar-refractivity contribution in [3.05, 3.63) is 85.8 Å². The maximum Gasteiger partial charge on any atom is 0.335 e. The zero-order valence-electron chi connectivity index (χ0n) is 15.9. The number of anilines is 1. The van der Waals surface area contributed by atoms with Gasteiger partial charge in [-0.15, -0.1) is 0 Å². The van der Waals surface area contributed by atoms with E-state index in [9.17, 15) is 4.79 Å². The molecule has 0 saturated heterocycles. The predicted molar refractivity (Wildman–Crippen MR) is 122 cm³/mol. The van der Waals surface area contributed by atoms with Crippen LogP contribution in [0.4, 0.5) is 5.69 Å². The van der Waals surface area contributed by atoms with Crippen LogP contribution in [0, 0.1) is 0 Å². The van der Waals surface area contributed by atoms with Gasteiger partial charge in [-0.1, -0.05) is 45.2 Å². The van der Waals surface area contributed by atoms with Gasteiger partial charge in [-0.25, -0.2) is 4.79 Å². The van der Waals surface area contributed by atoms with Gasteiger partial charge in [-0.05, 0) is 54.1 Å². The van der Waals surface area contributed by atoms with Gasteiger partial charge in [0.15, 0.2) is 11.5 Å². The van der Waals surface area contributed by atoms with Gasteiger partial charge in [-0.3, -0.25) is 0 Å². The second-order valence-corrected chi connectivity index (χ2v) is 8.05. The monoisotopic (exact) mass is 509 g/mol. The Morgan fingerprint density at radius 3 is 2.40 bits per heavy atom. The zero-order chi connectivity index (χ0) is 21.7. The van der Waals surface area contributed by atoms with Gasteiger partial charge in [-0.2, -0.15) is 0 Å². The average Bonchev–Trinajstić information content (AvgIpc) is 2.72. The van der Waals surface area contributed by atoms with Crippen LogP contribution in [0.5, 0.6) is 11.5 Å². The Bertz CT molecular complexity index is 1060. The molecule has 5 nitrogen and oxygen atoms in total. The van der Waals surface area contributed by atoms with Gasteiger partial charge >= 0.3 is 5.97 Å². The van der Waals surface area contributed by atoms with Crippen molar-refractivity contribution in [1.82, 2.24) is 0 Å². The molecule has 0 aliphatic rings. The quantitative estimate of drug-likeness (QED) is 0.355. The third-order valence-electron chi connectivity index (χ3n) is 4.35. The third kappa shape index (κ3) is 5.59. The first-order chi connectivity index (χ1) is 14.4. The molecule has 0 radical (unpaired) electrons. The van der Waals surface area contributed by atoms with Gasteiger partial charge in [0.05, 0.1) is 12.7 Å². The molecule has 0 heterocycles. The van der Waals surface area contributed by atoms with Crippen LogP contribution >= 0.6 is 39.1 Å². The molecule has 0 amide bonds. The number of rotatable bonds is 8. The molecule has 156 valence electrons. The molecule has 3 rings (SSSR count). The molecule has 3 aromatic rings. The second-order valence-electron chi connectivity index (χ2n) is 6.35. The lowest BCUT2D eigenvalue weighted by Gasteiger charge is -2.15. The summed E-state index contributed by atoms with van der Waals surface area (Å²) in [6.45, 7) is 0.777. The van der Waals surface area contributed by atoms with Crippen molar-refractivity contribution in [2.75, 3.05) is 12.4 Å². The molecule has 30 heavy (non-hydrogen) atoms. The molecule has 0 saturated carbocycles. The van der Waals surface area contributed by atoms with E-state index in [0.717, 1.165) is 21.3 Å². The van der Waals surface area contributed by atoms with E-state index in [1.807, 2.05) is 18.2 Å². The van der Waals surface area contributed by atoms with E-state index in [0.29, 0.717) is 28.1 Å². The smallest absolute Gasteiger partial charge is 0.335 e. The number of halogens is 3. The van der Waals surface area contributed by atoms with Crippen LogP contribution < -0.4 is 14.8 Å². The lowest BCUT2D eigenvalue weighted by Crippen LogP contribution is -2.04. The minimum atomic E-state index is -0.954. The fraction of sp³-hybridized carbons (Fsp3) is 0.136. The number of ether oxygens (including phenoxy) is 2. The Kier molecular flexibility index (Phi) is 7.48. The lowest BCUT2D eigenvalue weighted by molar-refractivity contribution is 0.0697. The number of carboxylic acid groups (broad SMARTS) is 1. The Morgan fingerprint density at radius 2 is 1.77 bits per heavy atom. The normalized spacial score (nSPS) is 10.5. The average molecular weight is 511 g/mol. The number of methoxy groups -OCH3 is 1. The van der Waals surface area contributed by atoms with Gasteiger partial charge in [0.25, 0.3) is 0 Å². The lowest BCUT2D eigenvalue weighted by atomic mass is 10.1. The largest absolute Gasteiger partial charge is 0.493 e. The van der Waals surface area contributed by atoms with Crippen LogP contribution in [0.15, 0.2) is 59.1 Å². The van der Waals surface area contributed by atoms with E-state index in [4.69, 9.17) is 37.8 Å². The fourth-order valence-corrected chi connectivity index (χ4v) is 3.63. The van der Waals surface area contributed by atoms with E-state index in [-0.39, 0.29) is 12.2 Å². The maximum atomic E-state index is 11.0. The van der Waals surface area contributed by atoms with Gasteiger partial charge in [0.2, 0.25) is 0 Å². The standard InChI is InChI=1S/C22H18BrCl2NO4/c1-29-20-8-15(11-26-17-6-3-13(4-7-17)22(27)28)18(23)10-21(20)30-12-14-2-5-16(24)9-19(14)25/h2-10,26H,11-12H2,1H3,(H,27,28). The van der Waals surface area contributed by atoms with E-state index < -0.39 is 5.97 Å². The summed E-state index contributed by atoms with van der Waals surface area (Å²) >= 11 is 15.7. The van der Waals surface area contributed by atoms with Crippen molar-refractivity contribution >= 4 is 50.8 Å². The number of nitrogens with one attached hydrogen (secondary N) is 1. The van der Waals surface area contributed by atoms with Crippen LogP contribution in [0.2, 0.25) is 10.0 Å². The van der Waals surface area contributed by atoms with E-state index in [1.165, 1.54) is 0 Å². The summed E-state index contributed by atoms with van der Waals surface area (Å²) < 4.78 is 12.2.